The zero-order chi connectivity index (χ0) is 22.4. The zero-order valence-electron chi connectivity index (χ0n) is 17.7. The van der Waals surface area contributed by atoms with Gasteiger partial charge in [0.1, 0.15) is 17.7 Å². The first-order valence-corrected chi connectivity index (χ1v) is 10.5. The average molecular weight is 437 g/mol. The van der Waals surface area contributed by atoms with Crippen molar-refractivity contribution >= 4 is 29.5 Å². The number of aromatic nitrogens is 3. The normalized spacial score (nSPS) is 15.0. The maximum absolute atomic E-state index is 10.8. The first kappa shape index (κ1) is 22.4. The number of carbonyl (C=O) groups excluding carboxylic acids is 1. The van der Waals surface area contributed by atoms with Crippen molar-refractivity contribution < 1.29 is 4.79 Å². The van der Waals surface area contributed by atoms with Crippen molar-refractivity contribution in [3.05, 3.63) is 71.0 Å². The van der Waals surface area contributed by atoms with E-state index in [0.717, 1.165) is 28.1 Å². The van der Waals surface area contributed by atoms with E-state index >= 15 is 0 Å². The Bertz CT molecular complexity index is 1130. The first-order chi connectivity index (χ1) is 15.1. The molecule has 0 fully saturated rings. The lowest BCUT2D eigenvalue weighted by molar-refractivity contribution is -0.105. The monoisotopic (exact) mass is 436 g/mol. The molecule has 2 aromatic heterocycles. The largest absolute Gasteiger partial charge is 0.313 e. The Morgan fingerprint density at radius 1 is 1.26 bits per heavy atom. The van der Waals surface area contributed by atoms with Crippen LogP contribution in [0.5, 0.6) is 0 Å². The van der Waals surface area contributed by atoms with E-state index in [9.17, 15) is 4.79 Å². The second-order valence-corrected chi connectivity index (χ2v) is 7.06. The molecule has 8 heteroatoms. The molecule has 160 valence electrons. The van der Waals surface area contributed by atoms with Gasteiger partial charge in [0, 0.05) is 36.0 Å². The highest BCUT2D eigenvalue weighted by atomic mass is 35.5. The topological polar surface area (TPSA) is 98.2 Å². The summed E-state index contributed by atoms with van der Waals surface area (Å²) in [6.45, 7) is 5.93. The standard InChI is InChI=1S/C21H19ClN6O.C2H6/c1-13-10-24-20(25-12-29)9-18(13)28-11-15(17-7-4-8-19(23)26-17)21(27-28)14-5-2-3-6-16(14)22;1-2/h2-7,9-12,19H,8,23H2,1H3,(H,24,25,29);1-2H3. The van der Waals surface area contributed by atoms with Gasteiger partial charge in [0.05, 0.1) is 16.4 Å². The molecule has 7 nitrogen and oxygen atoms in total. The number of aliphatic imine (C=N–C) groups is 1. The molecule has 0 saturated carbocycles. The van der Waals surface area contributed by atoms with Gasteiger partial charge in [-0.3, -0.25) is 9.79 Å². The molecule has 0 radical (unpaired) electrons. The highest BCUT2D eigenvalue weighted by molar-refractivity contribution is 6.33. The molecule has 31 heavy (non-hydrogen) atoms. The van der Waals surface area contributed by atoms with Crippen LogP contribution in [0, 0.1) is 6.92 Å². The quantitative estimate of drug-likeness (QED) is 0.574. The fourth-order valence-corrected chi connectivity index (χ4v) is 3.41. The van der Waals surface area contributed by atoms with Gasteiger partial charge in [-0.2, -0.15) is 5.10 Å². The number of halogens is 1. The number of anilines is 1. The van der Waals surface area contributed by atoms with Crippen LogP contribution in [0.1, 0.15) is 31.4 Å². The molecule has 3 heterocycles. The van der Waals surface area contributed by atoms with E-state index in [4.69, 9.17) is 22.4 Å². The minimum Gasteiger partial charge on any atom is -0.313 e. The Morgan fingerprint density at radius 2 is 2.03 bits per heavy atom. The number of aryl methyl sites for hydroxylation is 1. The van der Waals surface area contributed by atoms with E-state index in [2.05, 4.69) is 15.3 Å². The van der Waals surface area contributed by atoms with E-state index in [1.807, 2.05) is 63.4 Å². The van der Waals surface area contributed by atoms with Crippen LogP contribution in [0.15, 0.2) is 59.9 Å². The van der Waals surface area contributed by atoms with Gasteiger partial charge in [-0.1, -0.05) is 49.7 Å². The molecule has 0 bridgehead atoms. The van der Waals surface area contributed by atoms with E-state index in [1.165, 1.54) is 0 Å². The third kappa shape index (κ3) is 4.90. The molecular weight excluding hydrogens is 412 g/mol. The summed E-state index contributed by atoms with van der Waals surface area (Å²) in [5.41, 5.74) is 10.8. The summed E-state index contributed by atoms with van der Waals surface area (Å²) in [5.74, 6) is 0.439. The lowest BCUT2D eigenvalue weighted by atomic mass is 10.0. The lowest BCUT2D eigenvalue weighted by Gasteiger charge is -2.12. The minimum atomic E-state index is -0.288. The third-order valence-corrected chi connectivity index (χ3v) is 4.94. The number of nitrogens with one attached hydrogen (secondary N) is 1. The molecular formula is C23H25ClN6O. The summed E-state index contributed by atoms with van der Waals surface area (Å²) in [6, 6.07) is 9.30. The molecule has 1 amide bonds. The minimum absolute atomic E-state index is 0.288. The van der Waals surface area contributed by atoms with Crippen LogP contribution < -0.4 is 11.1 Å². The van der Waals surface area contributed by atoms with Crippen LogP contribution in [0.4, 0.5) is 5.82 Å². The molecule has 3 aromatic rings. The Kier molecular flexibility index (Phi) is 7.33. The summed E-state index contributed by atoms with van der Waals surface area (Å²) in [4.78, 5) is 19.6. The van der Waals surface area contributed by atoms with Crippen LogP contribution in [-0.4, -0.2) is 33.1 Å². The number of nitrogens with zero attached hydrogens (tertiary/aromatic N) is 4. The van der Waals surface area contributed by atoms with Crippen LogP contribution in [0.25, 0.3) is 16.9 Å². The van der Waals surface area contributed by atoms with Gasteiger partial charge in [-0.25, -0.2) is 9.67 Å². The molecule has 1 atom stereocenters. The van der Waals surface area contributed by atoms with E-state index in [-0.39, 0.29) is 6.17 Å². The number of rotatable bonds is 5. The molecule has 3 N–H and O–H groups in total. The van der Waals surface area contributed by atoms with Gasteiger partial charge in [-0.15, -0.1) is 0 Å². The van der Waals surface area contributed by atoms with Crippen molar-refractivity contribution in [3.63, 3.8) is 0 Å². The molecule has 1 aliphatic rings. The molecule has 1 aliphatic heterocycles. The fraction of sp³-hybridized carbons (Fsp3) is 0.217. The van der Waals surface area contributed by atoms with Crippen LogP contribution in [0.3, 0.4) is 0 Å². The van der Waals surface area contributed by atoms with Gasteiger partial charge < -0.3 is 11.1 Å². The predicted octanol–water partition coefficient (Wildman–Crippen LogP) is 4.52. The lowest BCUT2D eigenvalue weighted by Crippen LogP contribution is -2.21. The predicted molar refractivity (Wildman–Crippen MR) is 126 cm³/mol. The Morgan fingerprint density at radius 3 is 2.74 bits per heavy atom. The number of nitrogens with two attached hydrogens (primary N) is 1. The van der Waals surface area contributed by atoms with Crippen molar-refractivity contribution in [2.75, 3.05) is 5.32 Å². The second-order valence-electron chi connectivity index (χ2n) is 6.65. The Labute approximate surface area is 186 Å². The van der Waals surface area contributed by atoms with Crippen molar-refractivity contribution in [1.29, 1.82) is 0 Å². The third-order valence-electron chi connectivity index (χ3n) is 4.61. The number of allylic oxidation sites excluding steroid dienone is 1. The first-order valence-electron chi connectivity index (χ1n) is 10.1. The number of amides is 1. The number of pyridine rings is 1. The van der Waals surface area contributed by atoms with Crippen molar-refractivity contribution in [1.82, 2.24) is 14.8 Å². The summed E-state index contributed by atoms with van der Waals surface area (Å²) < 4.78 is 1.75. The van der Waals surface area contributed by atoms with Gasteiger partial charge >= 0.3 is 0 Å². The highest BCUT2D eigenvalue weighted by Gasteiger charge is 2.20. The van der Waals surface area contributed by atoms with Crippen molar-refractivity contribution in [2.24, 2.45) is 10.7 Å². The Hall–Kier alpha value is -3.29. The summed E-state index contributed by atoms with van der Waals surface area (Å²) in [5, 5.41) is 7.97. The van der Waals surface area contributed by atoms with Crippen LogP contribution >= 0.6 is 11.6 Å². The second kappa shape index (κ2) is 10.1. The summed E-state index contributed by atoms with van der Waals surface area (Å²) in [7, 11) is 0. The van der Waals surface area contributed by atoms with Gasteiger partial charge in [0.15, 0.2) is 0 Å². The van der Waals surface area contributed by atoms with E-state index < -0.39 is 0 Å². The van der Waals surface area contributed by atoms with Gasteiger partial charge in [-0.05, 0) is 24.6 Å². The van der Waals surface area contributed by atoms with Crippen LogP contribution in [0.2, 0.25) is 5.02 Å². The van der Waals surface area contributed by atoms with E-state index in [0.29, 0.717) is 29.4 Å². The number of hydrogen-bond donors (Lipinski definition) is 2. The maximum atomic E-state index is 10.8. The number of carbonyl (C=O) groups is 1. The number of hydrogen-bond acceptors (Lipinski definition) is 5. The molecule has 0 spiro atoms. The van der Waals surface area contributed by atoms with Crippen molar-refractivity contribution in [3.8, 4) is 16.9 Å². The summed E-state index contributed by atoms with van der Waals surface area (Å²) in [6.07, 6.45) is 8.54. The maximum Gasteiger partial charge on any atom is 0.212 e. The number of dihydropyridines is 1. The number of benzene rings is 1. The van der Waals surface area contributed by atoms with E-state index in [1.54, 1.807) is 16.9 Å². The fourth-order valence-electron chi connectivity index (χ4n) is 3.19. The molecule has 0 aliphatic carbocycles. The average Bonchev–Trinajstić information content (AvgIpc) is 3.22. The highest BCUT2D eigenvalue weighted by Crippen LogP contribution is 2.31. The summed E-state index contributed by atoms with van der Waals surface area (Å²) >= 11 is 6.46. The molecule has 0 saturated heterocycles. The van der Waals surface area contributed by atoms with Gasteiger partial charge in [0.2, 0.25) is 6.41 Å². The smallest absolute Gasteiger partial charge is 0.212 e. The van der Waals surface area contributed by atoms with Crippen molar-refractivity contribution in [2.45, 2.75) is 33.4 Å². The zero-order valence-corrected chi connectivity index (χ0v) is 18.5. The van der Waals surface area contributed by atoms with Crippen LogP contribution in [-0.2, 0) is 4.79 Å². The van der Waals surface area contributed by atoms with Gasteiger partial charge in [0.25, 0.3) is 0 Å². The molecule has 1 unspecified atom stereocenters. The molecule has 4 rings (SSSR count). The molecule has 1 aromatic carbocycles. The Balaban J connectivity index is 0.00000132. The SMILES string of the molecule is CC.Cc1cnc(NC=O)cc1-n1cc(C2=NC(N)CC=C2)c(-c2ccccc2Cl)n1.